The second kappa shape index (κ2) is 8.72. The van der Waals surface area contributed by atoms with Crippen LogP contribution in [-0.4, -0.2) is 61.6 Å². The minimum atomic E-state index is -0.635. The fraction of sp³-hybridized carbons (Fsp3) is 0.407. The van der Waals surface area contributed by atoms with Crippen molar-refractivity contribution < 1.29 is 8.78 Å². The zero-order valence-corrected chi connectivity index (χ0v) is 21.5. The van der Waals surface area contributed by atoms with Gasteiger partial charge in [0.1, 0.15) is 22.9 Å². The van der Waals surface area contributed by atoms with Gasteiger partial charge in [-0.3, -0.25) is 4.90 Å². The third-order valence-electron chi connectivity index (χ3n) is 7.64. The zero-order valence-electron chi connectivity index (χ0n) is 21.5. The summed E-state index contributed by atoms with van der Waals surface area (Å²) in [6.45, 7) is 8.84. The molecule has 0 radical (unpaired) electrons. The smallest absolute Gasteiger partial charge is 0.229 e. The number of halogens is 2. The first-order chi connectivity index (χ1) is 17.7. The van der Waals surface area contributed by atoms with Crippen LogP contribution in [-0.2, 0) is 0 Å². The molecule has 6 rings (SSSR count). The highest BCUT2D eigenvalue weighted by atomic mass is 19.1. The normalized spacial score (nSPS) is 17.2. The molecule has 0 bridgehead atoms. The summed E-state index contributed by atoms with van der Waals surface area (Å²) in [6.07, 6.45) is 5.42. The van der Waals surface area contributed by atoms with E-state index in [9.17, 15) is 8.78 Å². The van der Waals surface area contributed by atoms with Crippen LogP contribution in [0.4, 0.5) is 26.2 Å². The van der Waals surface area contributed by atoms with Crippen molar-refractivity contribution in [3.05, 3.63) is 54.1 Å². The van der Waals surface area contributed by atoms with Crippen molar-refractivity contribution in [2.24, 2.45) is 0 Å². The number of imidazole rings is 1. The lowest BCUT2D eigenvalue weighted by atomic mass is 10.1. The first kappa shape index (κ1) is 23.7. The quantitative estimate of drug-likeness (QED) is 0.406. The molecular weight excluding hydrogens is 474 g/mol. The number of rotatable bonds is 5. The topological polar surface area (TPSA) is 75.0 Å². The molecule has 0 atom stereocenters. The molecule has 1 spiro atoms. The lowest BCUT2D eigenvalue weighted by molar-refractivity contribution is 0.199. The second-order valence-electron chi connectivity index (χ2n) is 10.4. The SMILES string of the molecule is Cc1nc2c(F)cc(-c3nc(Nc4ccc(N5CCN(C)C6(CC6)C5)cn4)ncc3F)cc2n1C(C)C. The molecule has 0 unspecified atom stereocenters. The van der Waals surface area contributed by atoms with Crippen LogP contribution >= 0.6 is 0 Å². The second-order valence-corrected chi connectivity index (χ2v) is 10.4. The molecule has 1 aromatic carbocycles. The van der Waals surface area contributed by atoms with E-state index in [1.165, 1.54) is 18.9 Å². The van der Waals surface area contributed by atoms with E-state index in [1.54, 1.807) is 6.07 Å². The molecule has 37 heavy (non-hydrogen) atoms. The van der Waals surface area contributed by atoms with Crippen molar-refractivity contribution in [2.45, 2.75) is 45.2 Å². The molecule has 2 aliphatic rings. The number of aromatic nitrogens is 5. The van der Waals surface area contributed by atoms with E-state index in [-0.39, 0.29) is 23.2 Å². The Morgan fingerprint density at radius 3 is 2.51 bits per heavy atom. The maximum absolute atomic E-state index is 15.0. The summed E-state index contributed by atoms with van der Waals surface area (Å²) in [5, 5.41) is 3.05. The Hall–Kier alpha value is -3.66. The lowest BCUT2D eigenvalue weighted by Gasteiger charge is -2.41. The summed E-state index contributed by atoms with van der Waals surface area (Å²) in [7, 11) is 2.21. The van der Waals surface area contributed by atoms with E-state index in [1.807, 2.05) is 43.7 Å². The largest absolute Gasteiger partial charge is 0.367 e. The highest BCUT2D eigenvalue weighted by molar-refractivity contribution is 5.83. The van der Waals surface area contributed by atoms with Crippen LogP contribution in [0.25, 0.3) is 22.3 Å². The minimum Gasteiger partial charge on any atom is -0.367 e. The van der Waals surface area contributed by atoms with Gasteiger partial charge in [-0.25, -0.2) is 28.7 Å². The number of aryl methyl sites for hydroxylation is 1. The number of hydrogen-bond donors (Lipinski definition) is 1. The maximum Gasteiger partial charge on any atom is 0.229 e. The van der Waals surface area contributed by atoms with Gasteiger partial charge in [0.25, 0.3) is 0 Å². The number of fused-ring (bicyclic) bond motifs is 1. The number of benzene rings is 1. The van der Waals surface area contributed by atoms with Gasteiger partial charge in [0.05, 0.1) is 23.6 Å². The highest BCUT2D eigenvalue weighted by Gasteiger charge is 2.49. The van der Waals surface area contributed by atoms with Gasteiger partial charge >= 0.3 is 0 Å². The molecule has 1 saturated heterocycles. The van der Waals surface area contributed by atoms with Gasteiger partial charge in [-0.05, 0) is 64.9 Å². The first-order valence-electron chi connectivity index (χ1n) is 12.6. The number of anilines is 3. The Bertz CT molecular complexity index is 1480. The van der Waals surface area contributed by atoms with Crippen LogP contribution in [0.3, 0.4) is 0 Å². The molecule has 1 saturated carbocycles. The lowest BCUT2D eigenvalue weighted by Crippen LogP contribution is -2.53. The summed E-state index contributed by atoms with van der Waals surface area (Å²) in [5.41, 5.74) is 2.59. The average Bonchev–Trinajstić information content (AvgIpc) is 3.55. The van der Waals surface area contributed by atoms with Gasteiger partial charge in [0, 0.05) is 36.8 Å². The molecule has 4 aromatic rings. The van der Waals surface area contributed by atoms with Crippen molar-refractivity contribution in [1.82, 2.24) is 29.4 Å². The van der Waals surface area contributed by atoms with Crippen LogP contribution in [0.2, 0.25) is 0 Å². The predicted molar refractivity (Wildman–Crippen MR) is 140 cm³/mol. The van der Waals surface area contributed by atoms with Gasteiger partial charge in [0.15, 0.2) is 11.6 Å². The standard InChI is InChI=1S/C27H30F2N8/c1-16(2)37-17(3)32-25-20(28)11-18(12-22(25)37)24-21(29)14-31-26(34-24)33-23-6-5-19(13-30-23)36-10-9-35(4)27(15-36)7-8-27/h5-6,11-14,16H,7-10,15H2,1-4H3,(H,30,31,33,34). The van der Waals surface area contributed by atoms with E-state index in [4.69, 9.17) is 0 Å². The van der Waals surface area contributed by atoms with Crippen molar-refractivity contribution in [2.75, 3.05) is 36.9 Å². The average molecular weight is 505 g/mol. The van der Waals surface area contributed by atoms with E-state index in [0.717, 1.165) is 31.5 Å². The minimum absolute atomic E-state index is 0.0104. The molecule has 192 valence electrons. The van der Waals surface area contributed by atoms with E-state index in [2.05, 4.69) is 42.1 Å². The van der Waals surface area contributed by atoms with E-state index < -0.39 is 11.6 Å². The molecular formula is C27H30F2N8. The van der Waals surface area contributed by atoms with Crippen LogP contribution in [0.5, 0.6) is 0 Å². The summed E-state index contributed by atoms with van der Waals surface area (Å²) in [6, 6.07) is 6.96. The van der Waals surface area contributed by atoms with E-state index >= 15 is 0 Å². The van der Waals surface area contributed by atoms with Crippen LogP contribution in [0.15, 0.2) is 36.7 Å². The predicted octanol–water partition coefficient (Wildman–Crippen LogP) is 5.08. The fourth-order valence-electron chi connectivity index (χ4n) is 5.42. The Morgan fingerprint density at radius 1 is 1.00 bits per heavy atom. The Labute approximate surface area is 214 Å². The van der Waals surface area contributed by atoms with Crippen molar-refractivity contribution in [3.8, 4) is 11.3 Å². The van der Waals surface area contributed by atoms with Crippen molar-refractivity contribution in [3.63, 3.8) is 0 Å². The number of nitrogens with one attached hydrogen (secondary N) is 1. The van der Waals surface area contributed by atoms with Crippen LogP contribution < -0.4 is 10.2 Å². The van der Waals surface area contributed by atoms with Gasteiger partial charge in [-0.2, -0.15) is 0 Å². The zero-order chi connectivity index (χ0) is 25.9. The Morgan fingerprint density at radius 2 is 1.81 bits per heavy atom. The van der Waals surface area contributed by atoms with Crippen molar-refractivity contribution in [1.29, 1.82) is 0 Å². The number of hydrogen-bond acceptors (Lipinski definition) is 7. The van der Waals surface area contributed by atoms with Crippen LogP contribution in [0, 0.1) is 18.6 Å². The third kappa shape index (κ3) is 4.19. The molecule has 0 amide bonds. The summed E-state index contributed by atoms with van der Waals surface area (Å²) >= 11 is 0. The number of likely N-dealkylation sites (N-methyl/N-ethyl adjacent to an activating group) is 1. The van der Waals surface area contributed by atoms with E-state index in [0.29, 0.717) is 28.3 Å². The van der Waals surface area contributed by atoms with Crippen molar-refractivity contribution >= 4 is 28.5 Å². The molecule has 2 fully saturated rings. The van der Waals surface area contributed by atoms with Gasteiger partial charge in [0.2, 0.25) is 5.95 Å². The number of pyridine rings is 1. The Balaban J connectivity index is 1.26. The third-order valence-corrected chi connectivity index (χ3v) is 7.64. The first-order valence-corrected chi connectivity index (χ1v) is 12.6. The molecule has 1 aliphatic heterocycles. The van der Waals surface area contributed by atoms with Gasteiger partial charge < -0.3 is 14.8 Å². The molecule has 1 aliphatic carbocycles. The molecule has 10 heteroatoms. The molecule has 3 aromatic heterocycles. The highest BCUT2D eigenvalue weighted by Crippen LogP contribution is 2.44. The fourth-order valence-corrected chi connectivity index (χ4v) is 5.42. The maximum atomic E-state index is 15.0. The molecule has 1 N–H and O–H groups in total. The molecule has 4 heterocycles. The van der Waals surface area contributed by atoms with Crippen LogP contribution in [0.1, 0.15) is 38.6 Å². The van der Waals surface area contributed by atoms with Gasteiger partial charge in [-0.1, -0.05) is 0 Å². The van der Waals surface area contributed by atoms with Gasteiger partial charge in [-0.15, -0.1) is 0 Å². The molecule has 8 nitrogen and oxygen atoms in total. The number of piperazine rings is 1. The number of nitrogens with zero attached hydrogens (tertiary/aromatic N) is 7. The summed E-state index contributed by atoms with van der Waals surface area (Å²) in [4.78, 5) is 22.2. The summed E-state index contributed by atoms with van der Waals surface area (Å²) < 4.78 is 31.7. The summed E-state index contributed by atoms with van der Waals surface area (Å²) in [5.74, 6) is 0.277. The monoisotopic (exact) mass is 504 g/mol. The Kier molecular flexibility index (Phi) is 5.59.